The lowest BCUT2D eigenvalue weighted by Gasteiger charge is -2.31. The van der Waals surface area contributed by atoms with Crippen molar-refractivity contribution in [2.24, 2.45) is 0 Å². The van der Waals surface area contributed by atoms with Gasteiger partial charge in [-0.1, -0.05) is 55.1 Å². The molecule has 1 saturated carbocycles. The van der Waals surface area contributed by atoms with Crippen LogP contribution in [0.15, 0.2) is 48.5 Å². The highest BCUT2D eigenvalue weighted by Crippen LogP contribution is 2.21. The Morgan fingerprint density at radius 3 is 2.32 bits per heavy atom. The molecular weight excluding hydrogens is 474 g/mol. The quantitative estimate of drug-likeness (QED) is 0.348. The molecule has 2 aromatic rings. The molecule has 182 valence electrons. The van der Waals surface area contributed by atoms with E-state index in [1.165, 1.54) is 30.3 Å². The van der Waals surface area contributed by atoms with Crippen molar-refractivity contribution in [3.8, 4) is 0 Å². The van der Waals surface area contributed by atoms with Crippen LogP contribution in [0.5, 0.6) is 0 Å². The van der Waals surface area contributed by atoms with Gasteiger partial charge >= 0.3 is 0 Å². The van der Waals surface area contributed by atoms with Gasteiger partial charge in [-0.3, -0.25) is 19.7 Å². The minimum atomic E-state index is -0.606. The summed E-state index contributed by atoms with van der Waals surface area (Å²) in [7, 11) is 0. The number of nitrogens with one attached hydrogen (secondary N) is 1. The fraction of sp³-hybridized carbons (Fsp3) is 0.440. The normalized spacial score (nSPS) is 14.9. The van der Waals surface area contributed by atoms with Crippen molar-refractivity contribution in [1.29, 1.82) is 0 Å². The highest BCUT2D eigenvalue weighted by Gasteiger charge is 2.28. The largest absolute Gasteiger partial charge is 0.352 e. The van der Waals surface area contributed by atoms with Crippen molar-refractivity contribution in [3.05, 3.63) is 74.8 Å². The van der Waals surface area contributed by atoms with Gasteiger partial charge in [-0.15, -0.1) is 11.8 Å². The second-order valence-electron chi connectivity index (χ2n) is 8.58. The van der Waals surface area contributed by atoms with Crippen LogP contribution in [0.3, 0.4) is 0 Å². The first kappa shape index (κ1) is 26.0. The van der Waals surface area contributed by atoms with Gasteiger partial charge < -0.3 is 10.2 Å². The maximum atomic E-state index is 13.2. The summed E-state index contributed by atoms with van der Waals surface area (Å²) < 4.78 is 0. The fourth-order valence-corrected chi connectivity index (χ4v) is 4.99. The van der Waals surface area contributed by atoms with E-state index in [0.717, 1.165) is 36.8 Å². The Hall–Kier alpha value is -2.58. The lowest BCUT2D eigenvalue weighted by Crippen LogP contribution is -2.50. The van der Waals surface area contributed by atoms with Crippen LogP contribution in [-0.4, -0.2) is 39.5 Å². The van der Waals surface area contributed by atoms with Crippen LogP contribution >= 0.6 is 23.4 Å². The summed E-state index contributed by atoms with van der Waals surface area (Å²) in [6.45, 7) is 2.08. The molecule has 0 heterocycles. The van der Waals surface area contributed by atoms with Crippen molar-refractivity contribution >= 4 is 40.9 Å². The third-order valence-corrected chi connectivity index (χ3v) is 7.27. The monoisotopic (exact) mass is 503 g/mol. The van der Waals surface area contributed by atoms with E-state index in [9.17, 15) is 19.7 Å². The van der Waals surface area contributed by atoms with E-state index in [-0.39, 0.29) is 29.3 Å². The van der Waals surface area contributed by atoms with E-state index in [1.54, 1.807) is 36.1 Å². The van der Waals surface area contributed by atoms with Crippen LogP contribution in [0.1, 0.15) is 50.2 Å². The molecule has 1 aliphatic rings. The number of nitro benzene ring substituents is 1. The number of thioether (sulfide) groups is 1. The number of hydrogen-bond donors (Lipinski definition) is 1. The molecule has 9 heteroatoms. The van der Waals surface area contributed by atoms with Gasteiger partial charge in [0.15, 0.2) is 0 Å². The lowest BCUT2D eigenvalue weighted by atomic mass is 9.95. The zero-order chi connectivity index (χ0) is 24.5. The average molecular weight is 504 g/mol. The molecule has 0 bridgehead atoms. The minimum absolute atomic E-state index is 0.0387. The molecule has 1 N–H and O–H groups in total. The van der Waals surface area contributed by atoms with Crippen LogP contribution in [-0.2, 0) is 21.9 Å². The van der Waals surface area contributed by atoms with Crippen LogP contribution in [0.25, 0.3) is 0 Å². The second kappa shape index (κ2) is 12.8. The van der Waals surface area contributed by atoms with Crippen molar-refractivity contribution < 1.29 is 14.5 Å². The molecule has 0 unspecified atom stereocenters. The van der Waals surface area contributed by atoms with Crippen LogP contribution in [0.4, 0.5) is 5.69 Å². The number of halogens is 1. The molecule has 1 aliphatic carbocycles. The topological polar surface area (TPSA) is 92.6 Å². The first-order valence-electron chi connectivity index (χ1n) is 11.5. The molecule has 34 heavy (non-hydrogen) atoms. The number of rotatable bonds is 10. The number of hydrogen-bond acceptors (Lipinski definition) is 5. The van der Waals surface area contributed by atoms with Gasteiger partial charge in [0.1, 0.15) is 6.04 Å². The van der Waals surface area contributed by atoms with E-state index in [0.29, 0.717) is 17.3 Å². The standard InChI is InChI=1S/C25H30ClN3O4S/c1-18(25(31)27-22-5-3-2-4-6-22)28(15-19-7-11-21(26)12-8-19)24(30)17-34-16-20-9-13-23(14-10-20)29(32)33/h7-14,18,22H,2-6,15-17H2,1H3,(H,27,31)/t18-/m1/s1. The van der Waals surface area contributed by atoms with Crippen molar-refractivity contribution in [2.45, 2.75) is 63.4 Å². The Morgan fingerprint density at radius 2 is 1.71 bits per heavy atom. The summed E-state index contributed by atoms with van der Waals surface area (Å²) in [5.74, 6) is 0.482. The smallest absolute Gasteiger partial charge is 0.269 e. The second-order valence-corrected chi connectivity index (χ2v) is 10.0. The molecule has 2 amide bonds. The van der Waals surface area contributed by atoms with E-state index in [4.69, 9.17) is 11.6 Å². The van der Waals surface area contributed by atoms with Crippen molar-refractivity contribution in [3.63, 3.8) is 0 Å². The molecule has 0 spiro atoms. The van der Waals surface area contributed by atoms with Crippen LogP contribution in [0, 0.1) is 10.1 Å². The number of non-ortho nitro benzene ring substituents is 1. The highest BCUT2D eigenvalue weighted by atomic mass is 35.5. The predicted octanol–water partition coefficient (Wildman–Crippen LogP) is 5.35. The van der Waals surface area contributed by atoms with Crippen molar-refractivity contribution in [1.82, 2.24) is 10.2 Å². The summed E-state index contributed by atoms with van der Waals surface area (Å²) in [5.41, 5.74) is 1.84. The molecule has 7 nitrogen and oxygen atoms in total. The lowest BCUT2D eigenvalue weighted by molar-refractivity contribution is -0.384. The number of nitro groups is 1. The summed E-state index contributed by atoms with van der Waals surface area (Å²) in [4.78, 5) is 38.2. The first-order valence-corrected chi connectivity index (χ1v) is 13.0. The van der Waals surface area contributed by atoms with E-state index < -0.39 is 11.0 Å². The van der Waals surface area contributed by atoms with E-state index in [2.05, 4.69) is 5.32 Å². The van der Waals surface area contributed by atoms with Crippen LogP contribution < -0.4 is 5.32 Å². The van der Waals surface area contributed by atoms with Gasteiger partial charge in [0.2, 0.25) is 11.8 Å². The minimum Gasteiger partial charge on any atom is -0.352 e. The van der Waals surface area contributed by atoms with Gasteiger partial charge in [-0.25, -0.2) is 0 Å². The van der Waals surface area contributed by atoms with Gasteiger partial charge in [0.05, 0.1) is 10.7 Å². The van der Waals surface area contributed by atoms with Gasteiger partial charge in [0.25, 0.3) is 5.69 Å². The van der Waals surface area contributed by atoms with E-state index >= 15 is 0 Å². The first-order chi connectivity index (χ1) is 16.3. The summed E-state index contributed by atoms with van der Waals surface area (Å²) in [6, 6.07) is 13.1. The molecule has 3 rings (SSSR count). The third kappa shape index (κ3) is 7.74. The Labute approximate surface area is 209 Å². The van der Waals surface area contributed by atoms with Gasteiger partial charge in [-0.2, -0.15) is 0 Å². The SMILES string of the molecule is C[C@H](C(=O)NC1CCCCC1)N(Cc1ccc(Cl)cc1)C(=O)CSCc1ccc([N+](=O)[O-])cc1. The zero-order valence-electron chi connectivity index (χ0n) is 19.2. The Balaban J connectivity index is 1.63. The number of nitrogens with zero attached hydrogens (tertiary/aromatic N) is 2. The molecule has 1 atom stereocenters. The molecule has 1 fully saturated rings. The Morgan fingerprint density at radius 1 is 1.09 bits per heavy atom. The summed E-state index contributed by atoms with van der Waals surface area (Å²) in [6.07, 6.45) is 5.40. The molecule has 0 aliphatic heterocycles. The van der Waals surface area contributed by atoms with Crippen molar-refractivity contribution in [2.75, 3.05) is 5.75 Å². The molecule has 0 radical (unpaired) electrons. The predicted molar refractivity (Wildman–Crippen MR) is 136 cm³/mol. The molecular formula is C25H30ClN3O4S. The molecule has 2 aromatic carbocycles. The zero-order valence-corrected chi connectivity index (χ0v) is 20.8. The highest BCUT2D eigenvalue weighted by molar-refractivity contribution is 7.99. The number of carbonyl (C=O) groups is 2. The summed E-state index contributed by atoms with van der Waals surface area (Å²) >= 11 is 7.42. The number of carbonyl (C=O) groups excluding carboxylic acids is 2. The van der Waals surface area contributed by atoms with Gasteiger partial charge in [0, 0.05) is 35.5 Å². The van der Waals surface area contributed by atoms with E-state index in [1.807, 2.05) is 12.1 Å². The third-order valence-electron chi connectivity index (χ3n) is 6.03. The fourth-order valence-electron chi connectivity index (χ4n) is 3.99. The maximum Gasteiger partial charge on any atom is 0.269 e. The van der Waals surface area contributed by atoms with Gasteiger partial charge in [-0.05, 0) is 43.0 Å². The van der Waals surface area contributed by atoms with Crippen LogP contribution in [0.2, 0.25) is 5.02 Å². The summed E-state index contributed by atoms with van der Waals surface area (Å²) in [5, 5.41) is 14.6. The maximum absolute atomic E-state index is 13.2. The number of amides is 2. The average Bonchev–Trinajstić information content (AvgIpc) is 2.84. The molecule has 0 saturated heterocycles. The molecule has 0 aromatic heterocycles. The Bertz CT molecular complexity index is 979. The number of benzene rings is 2. The Kier molecular flexibility index (Phi) is 9.77.